The van der Waals surface area contributed by atoms with E-state index in [0.717, 1.165) is 24.8 Å². The van der Waals surface area contributed by atoms with Gasteiger partial charge in [-0.15, -0.1) is 0 Å². The van der Waals surface area contributed by atoms with Gasteiger partial charge in [-0.05, 0) is 36.8 Å². The molecule has 0 aliphatic heterocycles. The molecule has 15 heavy (non-hydrogen) atoms. The molecule has 0 radical (unpaired) electrons. The highest BCUT2D eigenvalue weighted by Crippen LogP contribution is 2.37. The number of carboxylic acids is 1. The second-order valence-corrected chi connectivity index (χ2v) is 4.36. The Kier molecular flexibility index (Phi) is 2.91. The van der Waals surface area contributed by atoms with Crippen molar-refractivity contribution < 1.29 is 9.90 Å². The van der Waals surface area contributed by atoms with Gasteiger partial charge in [0, 0.05) is 12.4 Å². The fourth-order valence-electron chi connectivity index (χ4n) is 1.99. The van der Waals surface area contributed by atoms with Crippen molar-refractivity contribution in [1.29, 1.82) is 0 Å². The first-order valence-electron chi connectivity index (χ1n) is 4.99. The third kappa shape index (κ3) is 2.12. The summed E-state index contributed by atoms with van der Waals surface area (Å²) in [6.45, 7) is 0. The second-order valence-electron chi connectivity index (χ2n) is 3.95. The molecule has 1 aliphatic rings. The zero-order chi connectivity index (χ0) is 10.8. The minimum Gasteiger partial charge on any atom is -0.481 e. The largest absolute Gasteiger partial charge is 0.481 e. The van der Waals surface area contributed by atoms with Crippen LogP contribution in [0.25, 0.3) is 0 Å². The van der Waals surface area contributed by atoms with Crippen molar-refractivity contribution in [2.75, 3.05) is 0 Å². The topological polar surface area (TPSA) is 50.2 Å². The SMILES string of the molecule is O=C(O)C1CCC1Cc1ccncc1Cl. The number of nitrogens with zero attached hydrogens (tertiary/aromatic N) is 1. The third-order valence-electron chi connectivity index (χ3n) is 3.07. The van der Waals surface area contributed by atoms with E-state index in [4.69, 9.17) is 16.7 Å². The third-order valence-corrected chi connectivity index (χ3v) is 3.41. The first-order valence-corrected chi connectivity index (χ1v) is 5.37. The molecule has 0 aromatic carbocycles. The summed E-state index contributed by atoms with van der Waals surface area (Å²) in [5, 5.41) is 9.54. The summed E-state index contributed by atoms with van der Waals surface area (Å²) in [7, 11) is 0. The summed E-state index contributed by atoms with van der Waals surface area (Å²) < 4.78 is 0. The standard InChI is InChI=1S/C11H12ClNO2/c12-10-6-13-4-3-8(10)5-7-1-2-9(7)11(14)15/h3-4,6-7,9H,1-2,5H2,(H,14,15). The van der Waals surface area contributed by atoms with Crippen LogP contribution >= 0.6 is 11.6 Å². The van der Waals surface area contributed by atoms with Gasteiger partial charge in [-0.3, -0.25) is 9.78 Å². The van der Waals surface area contributed by atoms with Gasteiger partial charge in [-0.1, -0.05) is 11.6 Å². The molecule has 1 heterocycles. The van der Waals surface area contributed by atoms with Crippen molar-refractivity contribution in [1.82, 2.24) is 4.98 Å². The van der Waals surface area contributed by atoms with Crippen LogP contribution in [0.15, 0.2) is 18.5 Å². The minimum absolute atomic E-state index is 0.186. The van der Waals surface area contributed by atoms with Gasteiger partial charge in [0.25, 0.3) is 0 Å². The molecular weight excluding hydrogens is 214 g/mol. The van der Waals surface area contributed by atoms with Crippen LogP contribution in [0.5, 0.6) is 0 Å². The van der Waals surface area contributed by atoms with Crippen LogP contribution in [0.2, 0.25) is 5.02 Å². The van der Waals surface area contributed by atoms with Gasteiger partial charge in [0.05, 0.1) is 10.9 Å². The van der Waals surface area contributed by atoms with Crippen molar-refractivity contribution in [2.24, 2.45) is 11.8 Å². The lowest BCUT2D eigenvalue weighted by Gasteiger charge is -2.33. The minimum atomic E-state index is -0.684. The van der Waals surface area contributed by atoms with Crippen LogP contribution in [0, 0.1) is 11.8 Å². The Balaban J connectivity index is 2.04. The maximum Gasteiger partial charge on any atom is 0.306 e. The zero-order valence-corrected chi connectivity index (χ0v) is 8.94. The molecule has 2 atom stereocenters. The maximum absolute atomic E-state index is 10.8. The van der Waals surface area contributed by atoms with E-state index >= 15 is 0 Å². The molecule has 1 aromatic rings. The molecule has 0 bridgehead atoms. The summed E-state index contributed by atoms with van der Waals surface area (Å²) >= 11 is 5.97. The monoisotopic (exact) mass is 225 g/mol. The molecular formula is C11H12ClNO2. The Bertz CT molecular complexity index is 381. The van der Waals surface area contributed by atoms with E-state index in [1.165, 1.54) is 0 Å². The van der Waals surface area contributed by atoms with E-state index in [9.17, 15) is 4.79 Å². The molecule has 4 heteroatoms. The Labute approximate surface area is 93.1 Å². The van der Waals surface area contributed by atoms with E-state index in [-0.39, 0.29) is 11.8 Å². The van der Waals surface area contributed by atoms with Gasteiger partial charge < -0.3 is 5.11 Å². The van der Waals surface area contributed by atoms with Gasteiger partial charge in [-0.2, -0.15) is 0 Å². The number of hydrogen-bond acceptors (Lipinski definition) is 2. The molecule has 3 nitrogen and oxygen atoms in total. The number of carbonyl (C=O) groups is 1. The van der Waals surface area contributed by atoms with E-state index in [2.05, 4.69) is 4.98 Å². The van der Waals surface area contributed by atoms with E-state index in [0.29, 0.717) is 5.02 Å². The van der Waals surface area contributed by atoms with Crippen molar-refractivity contribution in [3.8, 4) is 0 Å². The molecule has 1 saturated carbocycles. The number of aromatic nitrogens is 1. The van der Waals surface area contributed by atoms with E-state index in [1.807, 2.05) is 6.07 Å². The van der Waals surface area contributed by atoms with Crippen LogP contribution in [-0.4, -0.2) is 16.1 Å². The quantitative estimate of drug-likeness (QED) is 0.860. The highest BCUT2D eigenvalue weighted by molar-refractivity contribution is 6.31. The van der Waals surface area contributed by atoms with Crippen LogP contribution in [-0.2, 0) is 11.2 Å². The summed E-state index contributed by atoms with van der Waals surface area (Å²) in [6, 6.07) is 1.86. The Hall–Kier alpha value is -1.09. The predicted molar refractivity (Wildman–Crippen MR) is 56.8 cm³/mol. The number of aliphatic carboxylic acids is 1. The van der Waals surface area contributed by atoms with Crippen LogP contribution in [0.1, 0.15) is 18.4 Å². The first kappa shape index (κ1) is 10.4. The molecule has 80 valence electrons. The number of pyridine rings is 1. The molecule has 2 unspecified atom stereocenters. The number of halogens is 1. The number of hydrogen-bond donors (Lipinski definition) is 1. The molecule has 0 amide bonds. The summed E-state index contributed by atoms with van der Waals surface area (Å²) in [5.41, 5.74) is 1.00. The Morgan fingerprint density at radius 1 is 1.60 bits per heavy atom. The van der Waals surface area contributed by atoms with Crippen LogP contribution in [0.3, 0.4) is 0 Å². The zero-order valence-electron chi connectivity index (χ0n) is 8.19. The molecule has 1 N–H and O–H groups in total. The number of rotatable bonds is 3. The van der Waals surface area contributed by atoms with Gasteiger partial charge in [0.15, 0.2) is 0 Å². The maximum atomic E-state index is 10.8. The predicted octanol–water partition coefficient (Wildman–Crippen LogP) is 2.39. The fraction of sp³-hybridized carbons (Fsp3) is 0.455. The fourth-order valence-corrected chi connectivity index (χ4v) is 2.19. The lowest BCUT2D eigenvalue weighted by atomic mass is 9.71. The van der Waals surface area contributed by atoms with Crippen molar-refractivity contribution in [2.45, 2.75) is 19.3 Å². The van der Waals surface area contributed by atoms with Crippen molar-refractivity contribution in [3.05, 3.63) is 29.0 Å². The summed E-state index contributed by atoms with van der Waals surface area (Å²) in [6.07, 6.45) is 5.82. The summed E-state index contributed by atoms with van der Waals surface area (Å²) in [4.78, 5) is 14.7. The summed E-state index contributed by atoms with van der Waals surface area (Å²) in [5.74, 6) is -0.631. The average Bonchev–Trinajstić information content (AvgIpc) is 2.13. The molecule has 0 saturated heterocycles. The van der Waals surface area contributed by atoms with E-state index < -0.39 is 5.97 Å². The van der Waals surface area contributed by atoms with Crippen LogP contribution in [0.4, 0.5) is 0 Å². The lowest BCUT2D eigenvalue weighted by molar-refractivity contribution is -0.147. The highest BCUT2D eigenvalue weighted by atomic mass is 35.5. The van der Waals surface area contributed by atoms with Gasteiger partial charge in [-0.25, -0.2) is 0 Å². The number of carboxylic acid groups (broad SMARTS) is 1. The van der Waals surface area contributed by atoms with Gasteiger partial charge >= 0.3 is 5.97 Å². The lowest BCUT2D eigenvalue weighted by Crippen LogP contribution is -2.34. The molecule has 1 aromatic heterocycles. The Morgan fingerprint density at radius 2 is 2.40 bits per heavy atom. The Morgan fingerprint density at radius 3 is 2.93 bits per heavy atom. The van der Waals surface area contributed by atoms with Gasteiger partial charge in [0.2, 0.25) is 0 Å². The molecule has 2 rings (SSSR count). The first-order chi connectivity index (χ1) is 7.18. The molecule has 1 aliphatic carbocycles. The van der Waals surface area contributed by atoms with Crippen molar-refractivity contribution >= 4 is 17.6 Å². The van der Waals surface area contributed by atoms with Crippen LogP contribution < -0.4 is 0 Å². The second kappa shape index (κ2) is 4.19. The highest BCUT2D eigenvalue weighted by Gasteiger charge is 2.36. The smallest absolute Gasteiger partial charge is 0.306 e. The normalized spacial score (nSPS) is 24.6. The van der Waals surface area contributed by atoms with Gasteiger partial charge in [0.1, 0.15) is 0 Å². The molecule has 0 spiro atoms. The average molecular weight is 226 g/mol. The van der Waals surface area contributed by atoms with E-state index in [1.54, 1.807) is 12.4 Å². The molecule has 1 fully saturated rings. The van der Waals surface area contributed by atoms with Crippen molar-refractivity contribution in [3.63, 3.8) is 0 Å².